The number of oxazole rings is 1. The van der Waals surface area contributed by atoms with E-state index in [9.17, 15) is 9.59 Å². The molecule has 3 aromatic rings. The van der Waals surface area contributed by atoms with Crippen molar-refractivity contribution < 1.29 is 14.0 Å². The summed E-state index contributed by atoms with van der Waals surface area (Å²) >= 11 is 0. The van der Waals surface area contributed by atoms with E-state index in [4.69, 9.17) is 10.2 Å². The highest BCUT2D eigenvalue weighted by molar-refractivity contribution is 5.88. The molecule has 0 aliphatic heterocycles. The average molecular weight is 340 g/mol. The molecule has 0 atom stereocenters. The van der Waals surface area contributed by atoms with Gasteiger partial charge in [-0.15, -0.1) is 0 Å². The fourth-order valence-electron chi connectivity index (χ4n) is 2.13. The molecular formula is C16H16N6O3. The average Bonchev–Trinajstić information content (AvgIpc) is 3.23. The largest absolute Gasteiger partial charge is 0.439 e. The number of hydrogen-bond acceptors (Lipinski definition) is 5. The summed E-state index contributed by atoms with van der Waals surface area (Å²) in [6.45, 7) is 0.0793. The van der Waals surface area contributed by atoms with Crippen LogP contribution < -0.4 is 16.4 Å². The Bertz CT molecular complexity index is 871. The molecule has 0 saturated heterocycles. The molecule has 0 saturated carbocycles. The van der Waals surface area contributed by atoms with E-state index in [0.29, 0.717) is 17.3 Å². The first-order valence-corrected chi connectivity index (χ1v) is 7.46. The maximum absolute atomic E-state index is 11.9. The summed E-state index contributed by atoms with van der Waals surface area (Å²) < 4.78 is 6.93. The third-order valence-electron chi connectivity index (χ3n) is 3.22. The molecule has 4 N–H and O–H groups in total. The van der Waals surface area contributed by atoms with Crippen LogP contribution in [0, 0.1) is 0 Å². The van der Waals surface area contributed by atoms with E-state index in [1.807, 2.05) is 30.3 Å². The number of hydrogen-bond donors (Lipinski definition) is 3. The van der Waals surface area contributed by atoms with E-state index in [1.54, 1.807) is 6.20 Å². The van der Waals surface area contributed by atoms with Gasteiger partial charge in [0.2, 0.25) is 11.8 Å². The van der Waals surface area contributed by atoms with Crippen LogP contribution in [0.25, 0.3) is 11.3 Å². The van der Waals surface area contributed by atoms with E-state index in [-0.39, 0.29) is 13.1 Å². The third-order valence-corrected chi connectivity index (χ3v) is 3.22. The number of urea groups is 1. The highest BCUT2D eigenvalue weighted by Crippen LogP contribution is 2.19. The molecule has 128 valence electrons. The second kappa shape index (κ2) is 7.30. The molecule has 0 aliphatic rings. The normalized spacial score (nSPS) is 10.4. The summed E-state index contributed by atoms with van der Waals surface area (Å²) in [5.41, 5.74) is 6.42. The molecular weight excluding hydrogens is 324 g/mol. The topological polar surface area (TPSA) is 128 Å². The third kappa shape index (κ3) is 4.44. The van der Waals surface area contributed by atoms with Crippen molar-refractivity contribution in [1.82, 2.24) is 20.1 Å². The van der Waals surface area contributed by atoms with Gasteiger partial charge in [0.15, 0.2) is 5.76 Å². The zero-order valence-corrected chi connectivity index (χ0v) is 13.2. The fourth-order valence-corrected chi connectivity index (χ4v) is 2.13. The number of carbonyl (C=O) groups excluding carboxylic acids is 2. The van der Waals surface area contributed by atoms with Crippen LogP contribution in [0.4, 0.5) is 10.5 Å². The van der Waals surface area contributed by atoms with Gasteiger partial charge in [-0.1, -0.05) is 30.3 Å². The number of carbonyl (C=O) groups is 2. The van der Waals surface area contributed by atoms with Crippen LogP contribution in [-0.4, -0.2) is 26.7 Å². The summed E-state index contributed by atoms with van der Waals surface area (Å²) in [7, 11) is 0. The zero-order chi connectivity index (χ0) is 17.6. The highest BCUT2D eigenvalue weighted by Gasteiger charge is 2.09. The van der Waals surface area contributed by atoms with Crippen LogP contribution in [0.15, 0.2) is 53.3 Å². The Kier molecular flexibility index (Phi) is 4.74. The van der Waals surface area contributed by atoms with Crippen molar-refractivity contribution in [2.24, 2.45) is 5.73 Å². The number of nitrogens with zero attached hydrogens (tertiary/aromatic N) is 3. The van der Waals surface area contributed by atoms with Gasteiger partial charge in [-0.3, -0.25) is 9.48 Å². The van der Waals surface area contributed by atoms with Crippen molar-refractivity contribution in [2.45, 2.75) is 13.1 Å². The second-order valence-electron chi connectivity index (χ2n) is 5.18. The Morgan fingerprint density at radius 3 is 2.76 bits per heavy atom. The van der Waals surface area contributed by atoms with Gasteiger partial charge < -0.3 is 20.8 Å². The molecule has 9 nitrogen and oxygen atoms in total. The molecule has 9 heteroatoms. The Morgan fingerprint density at radius 2 is 2.00 bits per heavy atom. The second-order valence-corrected chi connectivity index (χ2v) is 5.18. The summed E-state index contributed by atoms with van der Waals surface area (Å²) in [5.74, 6) is 0.501. The molecule has 0 spiro atoms. The highest BCUT2D eigenvalue weighted by atomic mass is 16.4. The van der Waals surface area contributed by atoms with Gasteiger partial charge in [0, 0.05) is 11.8 Å². The zero-order valence-electron chi connectivity index (χ0n) is 13.2. The van der Waals surface area contributed by atoms with E-state index in [1.165, 1.54) is 17.1 Å². The lowest BCUT2D eigenvalue weighted by molar-refractivity contribution is -0.118. The molecule has 3 amide bonds. The van der Waals surface area contributed by atoms with Gasteiger partial charge >= 0.3 is 6.03 Å². The van der Waals surface area contributed by atoms with Crippen LogP contribution >= 0.6 is 0 Å². The van der Waals surface area contributed by atoms with Gasteiger partial charge in [0.25, 0.3) is 0 Å². The molecule has 0 fully saturated rings. The monoisotopic (exact) mass is 340 g/mol. The smallest absolute Gasteiger partial charge is 0.319 e. The lowest BCUT2D eigenvalue weighted by Crippen LogP contribution is -2.28. The number of primary amides is 1. The Balaban J connectivity index is 1.52. The SMILES string of the molecule is NC(=O)Cn1cc(NC(=O)NCc2ncc(-c3ccccc3)o2)cn1. The predicted octanol–water partition coefficient (Wildman–Crippen LogP) is 1.35. The quantitative estimate of drug-likeness (QED) is 0.624. The summed E-state index contributed by atoms with van der Waals surface area (Å²) in [6.07, 6.45) is 4.53. The molecule has 0 radical (unpaired) electrons. The molecule has 0 unspecified atom stereocenters. The minimum absolute atomic E-state index is 0.0537. The van der Waals surface area contributed by atoms with E-state index in [0.717, 1.165) is 5.56 Å². The minimum atomic E-state index is -0.516. The Hall–Kier alpha value is -3.62. The minimum Gasteiger partial charge on any atom is -0.439 e. The van der Waals surface area contributed by atoms with Gasteiger partial charge in [-0.05, 0) is 0 Å². The summed E-state index contributed by atoms with van der Waals surface area (Å²) in [5, 5.41) is 9.12. The predicted molar refractivity (Wildman–Crippen MR) is 89.2 cm³/mol. The first kappa shape index (κ1) is 16.2. The molecule has 0 aliphatic carbocycles. The van der Waals surface area contributed by atoms with Crippen molar-refractivity contribution >= 4 is 17.6 Å². The molecule has 0 bridgehead atoms. The lowest BCUT2D eigenvalue weighted by atomic mass is 10.2. The van der Waals surface area contributed by atoms with Crippen LogP contribution in [-0.2, 0) is 17.9 Å². The molecule has 1 aromatic carbocycles. The number of amides is 3. The van der Waals surface area contributed by atoms with Crippen molar-refractivity contribution in [3.8, 4) is 11.3 Å². The van der Waals surface area contributed by atoms with Gasteiger partial charge in [-0.2, -0.15) is 5.10 Å². The number of rotatable bonds is 6. The van der Waals surface area contributed by atoms with Gasteiger partial charge in [0.1, 0.15) is 6.54 Å². The van der Waals surface area contributed by atoms with Crippen molar-refractivity contribution in [3.63, 3.8) is 0 Å². The van der Waals surface area contributed by atoms with Crippen LogP contribution in [0.5, 0.6) is 0 Å². The molecule has 25 heavy (non-hydrogen) atoms. The Morgan fingerprint density at radius 1 is 1.20 bits per heavy atom. The summed E-state index contributed by atoms with van der Waals surface area (Å²) in [6, 6.07) is 9.10. The molecule has 3 rings (SSSR count). The first-order chi connectivity index (χ1) is 12.1. The number of benzene rings is 1. The standard InChI is InChI=1S/C16H16N6O3/c17-14(23)10-22-9-12(6-20-22)21-16(24)19-8-15-18-7-13(25-15)11-4-2-1-3-5-11/h1-7,9H,8,10H2,(H2,17,23)(H2,19,21,24). The van der Waals surface area contributed by atoms with E-state index in [2.05, 4.69) is 20.7 Å². The number of anilines is 1. The van der Waals surface area contributed by atoms with Crippen LogP contribution in [0.3, 0.4) is 0 Å². The van der Waals surface area contributed by atoms with Crippen molar-refractivity contribution in [3.05, 3.63) is 54.8 Å². The van der Waals surface area contributed by atoms with Crippen LogP contribution in [0.1, 0.15) is 5.89 Å². The van der Waals surface area contributed by atoms with E-state index < -0.39 is 11.9 Å². The first-order valence-electron chi connectivity index (χ1n) is 7.46. The molecule has 2 heterocycles. The lowest BCUT2D eigenvalue weighted by Gasteiger charge is -2.03. The van der Waals surface area contributed by atoms with Crippen molar-refractivity contribution in [2.75, 3.05) is 5.32 Å². The van der Waals surface area contributed by atoms with Crippen LogP contribution in [0.2, 0.25) is 0 Å². The Labute approximate surface area is 142 Å². The molecule has 2 aromatic heterocycles. The fraction of sp³-hybridized carbons (Fsp3) is 0.125. The van der Waals surface area contributed by atoms with Gasteiger partial charge in [0.05, 0.1) is 24.6 Å². The van der Waals surface area contributed by atoms with Crippen molar-refractivity contribution in [1.29, 1.82) is 0 Å². The number of aromatic nitrogens is 3. The van der Waals surface area contributed by atoms with E-state index >= 15 is 0 Å². The summed E-state index contributed by atoms with van der Waals surface area (Å²) in [4.78, 5) is 26.8. The number of nitrogens with two attached hydrogens (primary N) is 1. The maximum atomic E-state index is 11.9. The maximum Gasteiger partial charge on any atom is 0.319 e. The number of nitrogens with one attached hydrogen (secondary N) is 2. The van der Waals surface area contributed by atoms with Gasteiger partial charge in [-0.25, -0.2) is 9.78 Å².